The van der Waals surface area contributed by atoms with E-state index in [0.717, 1.165) is 0 Å². The summed E-state index contributed by atoms with van der Waals surface area (Å²) < 4.78 is 36.8. The molecule has 0 spiro atoms. The summed E-state index contributed by atoms with van der Waals surface area (Å²) in [4.78, 5) is 0.184. The summed E-state index contributed by atoms with van der Waals surface area (Å²) in [5.74, 6) is 0.531. The molecular weight excluding hydrogens is 316 g/mol. The van der Waals surface area contributed by atoms with Crippen LogP contribution in [0.2, 0.25) is 0 Å². The quantitative estimate of drug-likeness (QED) is 0.906. The van der Waals surface area contributed by atoms with E-state index in [4.69, 9.17) is 9.47 Å². The molecule has 0 fully saturated rings. The van der Waals surface area contributed by atoms with Crippen LogP contribution in [0.5, 0.6) is 17.2 Å². The van der Waals surface area contributed by atoms with Crippen LogP contribution in [0.3, 0.4) is 0 Å². The first kappa shape index (κ1) is 17.1. The van der Waals surface area contributed by atoms with Gasteiger partial charge in [0.2, 0.25) is 9.84 Å². The van der Waals surface area contributed by atoms with Crippen LogP contribution in [0.4, 0.5) is 0 Å². The van der Waals surface area contributed by atoms with Gasteiger partial charge in [-0.15, -0.1) is 0 Å². The molecular formula is C17H20O5S. The molecule has 2 aromatic carbocycles. The smallest absolute Gasteiger partial charge is 0.210 e. The molecule has 0 saturated heterocycles. The lowest BCUT2D eigenvalue weighted by molar-refractivity contribution is 0.345. The lowest BCUT2D eigenvalue weighted by Crippen LogP contribution is -2.10. The summed E-state index contributed by atoms with van der Waals surface area (Å²) in [5, 5.41) is 9.38. The molecule has 0 heterocycles. The maximum Gasteiger partial charge on any atom is 0.210 e. The minimum atomic E-state index is -3.82. The van der Waals surface area contributed by atoms with Crippen LogP contribution in [0.25, 0.3) is 0 Å². The number of rotatable bonds is 5. The minimum absolute atomic E-state index is 0.00522. The van der Waals surface area contributed by atoms with Crippen molar-refractivity contribution >= 4 is 9.84 Å². The van der Waals surface area contributed by atoms with Gasteiger partial charge in [-0.25, -0.2) is 8.42 Å². The van der Waals surface area contributed by atoms with Gasteiger partial charge in [-0.1, -0.05) is 19.9 Å². The van der Waals surface area contributed by atoms with Crippen molar-refractivity contribution < 1.29 is 23.0 Å². The number of hydrogen-bond donors (Lipinski definition) is 1. The average molecular weight is 336 g/mol. The SMILES string of the molecule is COc1ccc(C(C)C)c(S(=O)(=O)c2ccc(O)cc2)c1OC. The van der Waals surface area contributed by atoms with E-state index in [1.54, 1.807) is 12.1 Å². The summed E-state index contributed by atoms with van der Waals surface area (Å²) in [5.41, 5.74) is 0.649. The normalized spacial score (nSPS) is 11.5. The van der Waals surface area contributed by atoms with Crippen molar-refractivity contribution in [3.05, 3.63) is 42.0 Å². The third kappa shape index (κ3) is 3.12. The van der Waals surface area contributed by atoms with Crippen LogP contribution in [-0.2, 0) is 9.84 Å². The van der Waals surface area contributed by atoms with Crippen molar-refractivity contribution in [2.75, 3.05) is 14.2 Å². The molecule has 1 N–H and O–H groups in total. The zero-order valence-corrected chi connectivity index (χ0v) is 14.3. The highest BCUT2D eigenvalue weighted by molar-refractivity contribution is 7.91. The van der Waals surface area contributed by atoms with E-state index in [0.29, 0.717) is 11.3 Å². The Kier molecular flexibility index (Phi) is 4.85. The lowest BCUT2D eigenvalue weighted by atomic mass is 10.0. The van der Waals surface area contributed by atoms with Gasteiger partial charge in [-0.05, 0) is 41.8 Å². The van der Waals surface area contributed by atoms with Crippen molar-refractivity contribution in [3.8, 4) is 17.2 Å². The molecule has 0 unspecified atom stereocenters. The number of phenols is 1. The zero-order valence-electron chi connectivity index (χ0n) is 13.5. The molecule has 2 rings (SSSR count). The number of benzene rings is 2. The summed E-state index contributed by atoms with van der Waals surface area (Å²) in [6, 6.07) is 8.86. The van der Waals surface area contributed by atoms with E-state index < -0.39 is 9.84 Å². The molecule has 5 nitrogen and oxygen atoms in total. The fourth-order valence-corrected chi connectivity index (χ4v) is 4.16. The largest absolute Gasteiger partial charge is 0.508 e. The first-order valence-corrected chi connectivity index (χ1v) is 8.60. The Bertz CT molecular complexity index is 792. The maximum atomic E-state index is 13.1. The molecule has 2 aromatic rings. The molecule has 0 amide bonds. The number of methoxy groups -OCH3 is 2. The van der Waals surface area contributed by atoms with Crippen molar-refractivity contribution in [2.24, 2.45) is 0 Å². The first-order chi connectivity index (χ1) is 10.8. The molecule has 0 aliphatic heterocycles. The van der Waals surface area contributed by atoms with E-state index in [-0.39, 0.29) is 27.2 Å². The van der Waals surface area contributed by atoms with E-state index in [1.807, 2.05) is 13.8 Å². The molecule has 0 bridgehead atoms. The minimum Gasteiger partial charge on any atom is -0.508 e. The summed E-state index contributed by atoms with van der Waals surface area (Å²) >= 11 is 0. The second-order valence-electron chi connectivity index (χ2n) is 5.37. The molecule has 23 heavy (non-hydrogen) atoms. The van der Waals surface area contributed by atoms with Crippen LogP contribution in [0.15, 0.2) is 46.2 Å². The van der Waals surface area contributed by atoms with Gasteiger partial charge in [-0.2, -0.15) is 0 Å². The van der Waals surface area contributed by atoms with Gasteiger partial charge in [0.25, 0.3) is 0 Å². The van der Waals surface area contributed by atoms with Crippen LogP contribution < -0.4 is 9.47 Å². The number of phenolic OH excluding ortho intramolecular Hbond substituents is 1. The Balaban J connectivity index is 2.80. The molecule has 0 saturated carbocycles. The van der Waals surface area contributed by atoms with Crippen LogP contribution in [0.1, 0.15) is 25.3 Å². The van der Waals surface area contributed by atoms with E-state index >= 15 is 0 Å². The van der Waals surface area contributed by atoms with Crippen molar-refractivity contribution in [2.45, 2.75) is 29.6 Å². The van der Waals surface area contributed by atoms with Crippen LogP contribution >= 0.6 is 0 Å². The highest BCUT2D eigenvalue weighted by Gasteiger charge is 2.29. The average Bonchev–Trinajstić information content (AvgIpc) is 2.53. The summed E-state index contributed by atoms with van der Waals surface area (Å²) in [6.07, 6.45) is 0. The predicted octanol–water partition coefficient (Wildman–Crippen LogP) is 3.37. The topological polar surface area (TPSA) is 72.8 Å². The van der Waals surface area contributed by atoms with Gasteiger partial charge in [0.1, 0.15) is 10.6 Å². The van der Waals surface area contributed by atoms with Gasteiger partial charge >= 0.3 is 0 Å². The van der Waals surface area contributed by atoms with Gasteiger partial charge < -0.3 is 14.6 Å². The Morgan fingerprint density at radius 1 is 0.957 bits per heavy atom. The van der Waals surface area contributed by atoms with Crippen molar-refractivity contribution in [1.82, 2.24) is 0 Å². The summed E-state index contributed by atoms with van der Waals surface area (Å²) in [7, 11) is -0.946. The molecule has 6 heteroatoms. The monoisotopic (exact) mass is 336 g/mol. The van der Waals surface area contributed by atoms with Crippen LogP contribution in [0, 0.1) is 0 Å². The van der Waals surface area contributed by atoms with Gasteiger partial charge in [-0.3, -0.25) is 0 Å². The van der Waals surface area contributed by atoms with Crippen molar-refractivity contribution in [1.29, 1.82) is 0 Å². The van der Waals surface area contributed by atoms with Crippen molar-refractivity contribution in [3.63, 3.8) is 0 Å². The van der Waals surface area contributed by atoms with E-state index in [9.17, 15) is 13.5 Å². The Labute approximate surface area is 136 Å². The predicted molar refractivity (Wildman–Crippen MR) is 87.2 cm³/mol. The summed E-state index contributed by atoms with van der Waals surface area (Å²) in [6.45, 7) is 3.83. The third-order valence-corrected chi connectivity index (χ3v) is 5.42. The second-order valence-corrected chi connectivity index (χ2v) is 7.26. The number of hydrogen-bond acceptors (Lipinski definition) is 5. The highest BCUT2D eigenvalue weighted by Crippen LogP contribution is 2.42. The molecule has 0 aliphatic rings. The zero-order chi connectivity index (χ0) is 17.2. The van der Waals surface area contributed by atoms with Gasteiger partial charge in [0.05, 0.1) is 19.1 Å². The Morgan fingerprint density at radius 3 is 2.04 bits per heavy atom. The highest BCUT2D eigenvalue weighted by atomic mass is 32.2. The molecule has 0 atom stereocenters. The standard InChI is InChI=1S/C17H20O5S/c1-11(2)14-9-10-15(21-3)16(22-4)17(14)23(19,20)13-7-5-12(18)6-8-13/h5-11,18H,1-4H3. The first-order valence-electron chi connectivity index (χ1n) is 7.12. The number of sulfone groups is 1. The molecule has 0 radical (unpaired) electrons. The molecule has 0 aromatic heterocycles. The van der Waals surface area contributed by atoms with E-state index in [1.165, 1.54) is 38.5 Å². The molecule has 124 valence electrons. The fraction of sp³-hybridized carbons (Fsp3) is 0.294. The second kappa shape index (κ2) is 6.50. The molecule has 0 aliphatic carbocycles. The lowest BCUT2D eigenvalue weighted by Gasteiger charge is -2.19. The fourth-order valence-electron chi connectivity index (χ4n) is 2.39. The number of ether oxygens (including phenoxy) is 2. The van der Waals surface area contributed by atoms with Gasteiger partial charge in [0.15, 0.2) is 11.5 Å². The maximum absolute atomic E-state index is 13.1. The Morgan fingerprint density at radius 2 is 1.57 bits per heavy atom. The van der Waals surface area contributed by atoms with Gasteiger partial charge in [0, 0.05) is 0 Å². The van der Waals surface area contributed by atoms with Crippen LogP contribution in [-0.4, -0.2) is 27.7 Å². The van der Waals surface area contributed by atoms with E-state index in [2.05, 4.69) is 0 Å². The third-order valence-electron chi connectivity index (χ3n) is 3.57. The Hall–Kier alpha value is -2.21. The number of aromatic hydroxyl groups is 1.